The van der Waals surface area contributed by atoms with E-state index in [1.807, 2.05) is 0 Å². The van der Waals surface area contributed by atoms with Gasteiger partial charge in [-0.3, -0.25) is 4.90 Å². The molecule has 0 aromatic carbocycles. The molecule has 2 aliphatic heterocycles. The van der Waals surface area contributed by atoms with Crippen LogP contribution in [0.1, 0.15) is 46.0 Å². The third-order valence-electron chi connectivity index (χ3n) is 5.41. The first kappa shape index (κ1) is 12.0. The van der Waals surface area contributed by atoms with Crippen LogP contribution < -0.4 is 5.32 Å². The highest BCUT2D eigenvalue weighted by Crippen LogP contribution is 2.50. The normalized spacial score (nSPS) is 39.2. The molecule has 1 saturated carbocycles. The Hall–Kier alpha value is -0.0800. The SMILES string of the molecule is CC1CC(C)CN(C2CC3(CCNCC3)C2)C1. The number of nitrogens with zero attached hydrogens (tertiary/aromatic N) is 1. The highest BCUT2D eigenvalue weighted by molar-refractivity contribution is 5.01. The van der Waals surface area contributed by atoms with Crippen molar-refractivity contribution in [2.24, 2.45) is 17.3 Å². The Morgan fingerprint density at radius 1 is 1.00 bits per heavy atom. The molecule has 2 atom stereocenters. The smallest absolute Gasteiger partial charge is 0.0106 e. The lowest BCUT2D eigenvalue weighted by atomic mass is 9.60. The van der Waals surface area contributed by atoms with E-state index in [0.717, 1.165) is 23.3 Å². The van der Waals surface area contributed by atoms with Crippen LogP contribution in [0.15, 0.2) is 0 Å². The molecule has 0 aromatic heterocycles. The van der Waals surface area contributed by atoms with Crippen molar-refractivity contribution in [3.05, 3.63) is 0 Å². The van der Waals surface area contributed by atoms with Crippen molar-refractivity contribution in [2.75, 3.05) is 26.2 Å². The lowest BCUT2D eigenvalue weighted by Crippen LogP contribution is -2.57. The summed E-state index contributed by atoms with van der Waals surface area (Å²) in [6, 6.07) is 0.929. The highest BCUT2D eigenvalue weighted by Gasteiger charge is 2.47. The van der Waals surface area contributed by atoms with Gasteiger partial charge in [-0.2, -0.15) is 0 Å². The van der Waals surface area contributed by atoms with Crippen LogP contribution in [0.25, 0.3) is 0 Å². The van der Waals surface area contributed by atoms with Gasteiger partial charge in [-0.15, -0.1) is 0 Å². The standard InChI is InChI=1S/C15H28N2/c1-12-7-13(2)11-17(10-12)14-8-15(9-14)3-5-16-6-4-15/h12-14,16H,3-11H2,1-2H3. The summed E-state index contributed by atoms with van der Waals surface area (Å²) in [6.45, 7) is 10.1. The fraction of sp³-hybridized carbons (Fsp3) is 1.00. The fourth-order valence-corrected chi connectivity index (χ4v) is 4.57. The molecule has 17 heavy (non-hydrogen) atoms. The van der Waals surface area contributed by atoms with Crippen LogP contribution in [0.4, 0.5) is 0 Å². The van der Waals surface area contributed by atoms with Gasteiger partial charge in [0.15, 0.2) is 0 Å². The molecular weight excluding hydrogens is 208 g/mol. The van der Waals surface area contributed by atoms with Gasteiger partial charge in [-0.05, 0) is 62.4 Å². The minimum atomic E-state index is 0.750. The third-order valence-corrected chi connectivity index (χ3v) is 5.41. The second-order valence-electron chi connectivity index (χ2n) is 7.21. The van der Waals surface area contributed by atoms with Crippen molar-refractivity contribution >= 4 is 0 Å². The van der Waals surface area contributed by atoms with Crippen LogP contribution >= 0.6 is 0 Å². The molecule has 3 rings (SSSR count). The molecule has 3 fully saturated rings. The van der Waals surface area contributed by atoms with E-state index in [2.05, 4.69) is 24.1 Å². The molecule has 0 aromatic rings. The summed E-state index contributed by atoms with van der Waals surface area (Å²) in [6.07, 6.45) is 7.30. The second kappa shape index (κ2) is 4.55. The Morgan fingerprint density at radius 3 is 2.18 bits per heavy atom. The van der Waals surface area contributed by atoms with E-state index in [0.29, 0.717) is 0 Å². The molecule has 1 spiro atoms. The molecular formula is C15H28N2. The summed E-state index contributed by atoms with van der Waals surface area (Å²) in [4.78, 5) is 2.81. The molecule has 1 aliphatic carbocycles. The Morgan fingerprint density at radius 2 is 1.59 bits per heavy atom. The zero-order chi connectivity index (χ0) is 11.9. The van der Waals surface area contributed by atoms with E-state index in [4.69, 9.17) is 0 Å². The van der Waals surface area contributed by atoms with Gasteiger partial charge in [0.25, 0.3) is 0 Å². The van der Waals surface area contributed by atoms with Crippen molar-refractivity contribution in [3.8, 4) is 0 Å². The summed E-state index contributed by atoms with van der Waals surface area (Å²) in [7, 11) is 0. The van der Waals surface area contributed by atoms with E-state index >= 15 is 0 Å². The lowest BCUT2D eigenvalue weighted by molar-refractivity contribution is -0.0432. The Balaban J connectivity index is 1.54. The van der Waals surface area contributed by atoms with Crippen LogP contribution in [0, 0.1) is 17.3 Å². The first-order valence-corrected chi connectivity index (χ1v) is 7.62. The average molecular weight is 236 g/mol. The van der Waals surface area contributed by atoms with Gasteiger partial charge in [-0.25, -0.2) is 0 Å². The number of nitrogens with one attached hydrogen (secondary N) is 1. The zero-order valence-electron chi connectivity index (χ0n) is 11.5. The van der Waals surface area contributed by atoms with Crippen LogP contribution in [-0.4, -0.2) is 37.1 Å². The minimum absolute atomic E-state index is 0.750. The van der Waals surface area contributed by atoms with E-state index in [-0.39, 0.29) is 0 Å². The van der Waals surface area contributed by atoms with Crippen LogP contribution in [-0.2, 0) is 0 Å². The van der Waals surface area contributed by atoms with Crippen LogP contribution in [0.3, 0.4) is 0 Å². The average Bonchev–Trinajstić information content (AvgIpc) is 2.25. The zero-order valence-corrected chi connectivity index (χ0v) is 11.5. The molecule has 0 bridgehead atoms. The molecule has 1 N–H and O–H groups in total. The van der Waals surface area contributed by atoms with Gasteiger partial charge < -0.3 is 5.32 Å². The number of likely N-dealkylation sites (tertiary alicyclic amines) is 1. The van der Waals surface area contributed by atoms with Gasteiger partial charge in [-0.1, -0.05) is 13.8 Å². The molecule has 2 nitrogen and oxygen atoms in total. The van der Waals surface area contributed by atoms with E-state index in [1.165, 1.54) is 58.3 Å². The van der Waals surface area contributed by atoms with Gasteiger partial charge in [0.05, 0.1) is 0 Å². The first-order chi connectivity index (χ1) is 8.17. The summed E-state index contributed by atoms with van der Waals surface area (Å²) in [5, 5.41) is 3.50. The van der Waals surface area contributed by atoms with Crippen LogP contribution in [0.5, 0.6) is 0 Å². The number of piperidine rings is 2. The largest absolute Gasteiger partial charge is 0.317 e. The Bertz CT molecular complexity index is 252. The molecule has 2 heteroatoms. The number of hydrogen-bond donors (Lipinski definition) is 1. The molecule has 2 unspecified atom stereocenters. The molecule has 3 aliphatic rings. The van der Waals surface area contributed by atoms with Gasteiger partial charge in [0.1, 0.15) is 0 Å². The summed E-state index contributed by atoms with van der Waals surface area (Å²) >= 11 is 0. The van der Waals surface area contributed by atoms with Gasteiger partial charge in [0.2, 0.25) is 0 Å². The minimum Gasteiger partial charge on any atom is -0.317 e. The molecule has 0 amide bonds. The topological polar surface area (TPSA) is 15.3 Å². The van der Waals surface area contributed by atoms with Crippen molar-refractivity contribution in [2.45, 2.75) is 52.0 Å². The Kier molecular flexibility index (Phi) is 3.20. The van der Waals surface area contributed by atoms with Crippen molar-refractivity contribution < 1.29 is 0 Å². The third kappa shape index (κ3) is 2.39. The van der Waals surface area contributed by atoms with E-state index < -0.39 is 0 Å². The fourth-order valence-electron chi connectivity index (χ4n) is 4.57. The maximum absolute atomic E-state index is 3.50. The monoisotopic (exact) mass is 236 g/mol. The van der Waals surface area contributed by atoms with Gasteiger partial charge >= 0.3 is 0 Å². The van der Waals surface area contributed by atoms with Gasteiger partial charge in [0, 0.05) is 19.1 Å². The number of rotatable bonds is 1. The van der Waals surface area contributed by atoms with Crippen molar-refractivity contribution in [3.63, 3.8) is 0 Å². The predicted molar refractivity (Wildman–Crippen MR) is 72.1 cm³/mol. The molecule has 0 radical (unpaired) electrons. The summed E-state index contributed by atoms with van der Waals surface area (Å²) in [5.41, 5.74) is 0.750. The quantitative estimate of drug-likeness (QED) is 0.752. The first-order valence-electron chi connectivity index (χ1n) is 7.62. The van der Waals surface area contributed by atoms with Crippen molar-refractivity contribution in [1.29, 1.82) is 0 Å². The lowest BCUT2D eigenvalue weighted by Gasteiger charge is -2.55. The van der Waals surface area contributed by atoms with E-state index in [1.54, 1.807) is 0 Å². The summed E-state index contributed by atoms with van der Waals surface area (Å²) < 4.78 is 0. The van der Waals surface area contributed by atoms with Crippen molar-refractivity contribution in [1.82, 2.24) is 10.2 Å². The highest BCUT2D eigenvalue weighted by atomic mass is 15.2. The maximum Gasteiger partial charge on any atom is 0.0106 e. The molecule has 2 saturated heterocycles. The maximum atomic E-state index is 3.50. The number of hydrogen-bond acceptors (Lipinski definition) is 2. The molecule has 2 heterocycles. The predicted octanol–water partition coefficient (Wildman–Crippen LogP) is 2.50. The van der Waals surface area contributed by atoms with Crippen LogP contribution in [0.2, 0.25) is 0 Å². The summed E-state index contributed by atoms with van der Waals surface area (Å²) in [5.74, 6) is 1.84. The second-order valence-corrected chi connectivity index (χ2v) is 7.21. The Labute approximate surface area is 106 Å². The molecule has 98 valence electrons. The van der Waals surface area contributed by atoms with E-state index in [9.17, 15) is 0 Å².